The summed E-state index contributed by atoms with van der Waals surface area (Å²) in [6, 6.07) is -5.00. The summed E-state index contributed by atoms with van der Waals surface area (Å²) in [4.78, 5) is 165. The highest BCUT2D eigenvalue weighted by Crippen LogP contribution is 2.23. The first-order chi connectivity index (χ1) is 37.4. The Morgan fingerprint density at radius 1 is 0.671 bits per heavy atom. The van der Waals surface area contributed by atoms with E-state index >= 15 is 0 Å². The van der Waals surface area contributed by atoms with Gasteiger partial charge in [-0.15, -0.1) is 0 Å². The second-order valence-corrected chi connectivity index (χ2v) is 19.6. The van der Waals surface area contributed by atoms with Crippen LogP contribution in [0.25, 0.3) is 23.2 Å². The van der Waals surface area contributed by atoms with Crippen LogP contribution in [0.3, 0.4) is 0 Å². The Hall–Kier alpha value is -8.64. The lowest BCUT2D eigenvalue weighted by atomic mass is 9.96. The summed E-state index contributed by atoms with van der Waals surface area (Å²) in [6.45, 7) is 15.3. The van der Waals surface area contributed by atoms with Crippen molar-refractivity contribution in [3.8, 4) is 0 Å². The van der Waals surface area contributed by atoms with Gasteiger partial charge in [-0.2, -0.15) is 0 Å². The SMILES string of the molecule is C=Cc1nc(N)c(C(=O)NC2COC(=O)C(C(C)CC)N(C)C(=O)[C@@H]3C/C=C\C[C@@H](C(=O)N(C)C(C(C)CC)C(=O)OCC(NC(=O)c4cnc5ccccc5n4)C(=O)NC(C)C(=O)N3C)N(C)C(=O)C(C)NC2=O)nc1C=C. The maximum absolute atomic E-state index is 15.0. The number of rotatable bonds is 10. The molecule has 10 atom stereocenters. The van der Waals surface area contributed by atoms with Crippen LogP contribution in [0.4, 0.5) is 5.82 Å². The van der Waals surface area contributed by atoms with Crippen LogP contribution in [-0.4, -0.2) is 188 Å². The number of esters is 2. The number of aromatic nitrogens is 4. The second kappa shape index (κ2) is 27.1. The molecule has 0 saturated heterocycles. The highest BCUT2D eigenvalue weighted by atomic mass is 16.5. The quantitative estimate of drug-likeness (QED) is 0.140. The average Bonchev–Trinajstić information content (AvgIpc) is 3.49. The van der Waals surface area contributed by atoms with Crippen molar-refractivity contribution in [3.63, 3.8) is 0 Å². The molecular formula is C54H71N13O12. The molecule has 0 radical (unpaired) electrons. The Labute approximate surface area is 458 Å². The van der Waals surface area contributed by atoms with E-state index in [0.717, 1.165) is 19.6 Å². The van der Waals surface area contributed by atoms with Gasteiger partial charge < -0.3 is 56.1 Å². The first kappa shape index (κ1) is 61.2. The van der Waals surface area contributed by atoms with Crippen molar-refractivity contribution in [1.29, 1.82) is 0 Å². The number of anilines is 1. The van der Waals surface area contributed by atoms with E-state index < -0.39 is 138 Å². The van der Waals surface area contributed by atoms with Gasteiger partial charge in [-0.25, -0.2) is 24.5 Å². The molecule has 0 fully saturated rings. The molecule has 0 aliphatic carbocycles. The number of nitrogens with one attached hydrogen (secondary N) is 4. The third kappa shape index (κ3) is 14.3. The largest absolute Gasteiger partial charge is 0.461 e. The molecule has 2 aromatic heterocycles. The number of likely N-dealkylation sites (N-methyl/N-ethyl adjacent to an activating group) is 4. The molecule has 25 nitrogen and oxygen atoms in total. The number of ether oxygens (including phenoxy) is 2. The zero-order valence-corrected chi connectivity index (χ0v) is 46.2. The summed E-state index contributed by atoms with van der Waals surface area (Å²) >= 11 is 0. The molecule has 0 spiro atoms. The predicted molar refractivity (Wildman–Crippen MR) is 289 cm³/mol. The summed E-state index contributed by atoms with van der Waals surface area (Å²) in [6.07, 6.45) is 7.07. The van der Waals surface area contributed by atoms with Crippen LogP contribution in [0.2, 0.25) is 0 Å². The number of carbonyl (C=O) groups is 10. The fourth-order valence-electron chi connectivity index (χ4n) is 9.04. The molecule has 3 aromatic rings. The first-order valence-corrected chi connectivity index (χ1v) is 25.8. The molecule has 79 heavy (non-hydrogen) atoms. The Bertz CT molecular complexity index is 2900. The van der Waals surface area contributed by atoms with Crippen molar-refractivity contribution in [3.05, 3.63) is 78.5 Å². The summed E-state index contributed by atoms with van der Waals surface area (Å²) in [7, 11) is 5.30. The first-order valence-electron chi connectivity index (χ1n) is 25.8. The Morgan fingerprint density at radius 3 is 1.54 bits per heavy atom. The van der Waals surface area contributed by atoms with E-state index in [4.69, 9.17) is 15.2 Å². The van der Waals surface area contributed by atoms with Gasteiger partial charge in [-0.05, 0) is 62.8 Å². The molecule has 2 aliphatic heterocycles. The number of carbonyl (C=O) groups excluding carboxylic acids is 10. The van der Waals surface area contributed by atoms with Gasteiger partial charge in [0.05, 0.1) is 28.6 Å². The molecule has 1 aromatic carbocycles. The van der Waals surface area contributed by atoms with Crippen LogP contribution >= 0.6 is 0 Å². The maximum Gasteiger partial charge on any atom is 0.329 e. The molecule has 424 valence electrons. The van der Waals surface area contributed by atoms with E-state index in [-0.39, 0.29) is 35.7 Å². The summed E-state index contributed by atoms with van der Waals surface area (Å²) in [5.41, 5.74) is 6.71. The van der Waals surface area contributed by atoms with E-state index in [1.807, 2.05) is 0 Å². The van der Waals surface area contributed by atoms with E-state index in [1.165, 1.54) is 72.5 Å². The van der Waals surface area contributed by atoms with Gasteiger partial charge in [0.25, 0.3) is 11.8 Å². The number of amides is 8. The lowest BCUT2D eigenvalue weighted by Crippen LogP contribution is -2.60. The zero-order chi connectivity index (χ0) is 58.6. The lowest BCUT2D eigenvalue weighted by molar-refractivity contribution is -0.161. The molecule has 2 bridgehead atoms. The van der Waals surface area contributed by atoms with Gasteiger partial charge in [0.15, 0.2) is 11.5 Å². The van der Waals surface area contributed by atoms with Crippen molar-refractivity contribution in [1.82, 2.24) is 60.8 Å². The van der Waals surface area contributed by atoms with E-state index in [1.54, 1.807) is 52.0 Å². The van der Waals surface area contributed by atoms with E-state index in [0.29, 0.717) is 23.9 Å². The molecular weight excluding hydrogens is 1020 g/mol. The molecule has 5 rings (SSSR count). The van der Waals surface area contributed by atoms with Gasteiger partial charge in [-0.1, -0.05) is 78.0 Å². The van der Waals surface area contributed by atoms with Gasteiger partial charge in [-0.3, -0.25) is 43.3 Å². The molecule has 2 aliphatic rings. The van der Waals surface area contributed by atoms with Gasteiger partial charge in [0.2, 0.25) is 35.4 Å². The van der Waals surface area contributed by atoms with Crippen LogP contribution in [0.5, 0.6) is 0 Å². The van der Waals surface area contributed by atoms with Crippen molar-refractivity contribution in [2.75, 3.05) is 47.1 Å². The van der Waals surface area contributed by atoms with E-state index in [2.05, 4.69) is 54.4 Å². The zero-order valence-electron chi connectivity index (χ0n) is 46.2. The van der Waals surface area contributed by atoms with Gasteiger partial charge >= 0.3 is 11.9 Å². The van der Waals surface area contributed by atoms with Crippen LogP contribution in [0.15, 0.2) is 55.8 Å². The maximum atomic E-state index is 15.0. The average molecular weight is 1090 g/mol. The Kier molecular flexibility index (Phi) is 21.0. The van der Waals surface area contributed by atoms with Crippen LogP contribution in [0, 0.1) is 11.8 Å². The minimum Gasteiger partial charge on any atom is -0.461 e. The summed E-state index contributed by atoms with van der Waals surface area (Å²) < 4.78 is 11.5. The molecule has 25 heteroatoms. The fraction of sp³-hybridized carbons (Fsp3) is 0.481. The number of nitrogen functional groups attached to an aromatic ring is 1. The van der Waals surface area contributed by atoms with Crippen molar-refractivity contribution in [2.45, 2.75) is 116 Å². The molecule has 0 saturated carbocycles. The Morgan fingerprint density at radius 2 is 1.10 bits per heavy atom. The molecule has 6 N–H and O–H groups in total. The van der Waals surface area contributed by atoms with Crippen molar-refractivity contribution in [2.24, 2.45) is 11.8 Å². The fourth-order valence-corrected chi connectivity index (χ4v) is 9.04. The normalized spacial score (nSPS) is 25.0. The number of fused-ring (bicyclic) bond motifs is 5. The van der Waals surface area contributed by atoms with Crippen LogP contribution in [0.1, 0.15) is 99.6 Å². The second-order valence-electron chi connectivity index (χ2n) is 19.6. The van der Waals surface area contributed by atoms with Gasteiger partial charge in [0.1, 0.15) is 67.2 Å². The van der Waals surface area contributed by atoms with E-state index in [9.17, 15) is 47.9 Å². The van der Waals surface area contributed by atoms with Gasteiger partial charge in [0, 0.05) is 28.2 Å². The summed E-state index contributed by atoms with van der Waals surface area (Å²) in [5.74, 6) is -10.6. The number of benzene rings is 1. The monoisotopic (exact) mass is 1090 g/mol. The number of nitrogens with zero attached hydrogens (tertiary/aromatic N) is 8. The minimum atomic E-state index is -1.75. The standard InChI is InChI=1S/C54H71N13O12/c1-13-28(5)42-53(76)78-26-37(62-45(68)36-25-56-34-21-17-18-22-35(34)59-36)46(69)57-30(7)49(72)64(9)39-23-19-20-24-40(51(74)66(42)11)65(10)50(73)31(8)58-47(70)38(27-79-54(77)43(29(6)14-2)67(12)52(39)75)63-48(71)41-44(55)61-33(16-4)32(15-3)60-41/h15-22,25,28-31,37-40,42-43H,3-4,13-14,23-24,26-27H2,1-2,5-12H3,(H2,55,61)(H,57,69)(H,58,70)(H,62,68)(H,63,71)/b20-19-/t28?,29?,30?,31?,37?,38?,39-,40-,42?,43?/m0/s1. The highest BCUT2D eigenvalue weighted by molar-refractivity contribution is 6.01. The minimum absolute atomic E-state index is 0.134. The smallest absolute Gasteiger partial charge is 0.329 e. The number of nitrogens with two attached hydrogens (primary N) is 1. The van der Waals surface area contributed by atoms with Crippen molar-refractivity contribution < 1.29 is 57.4 Å². The third-order valence-corrected chi connectivity index (χ3v) is 14.2. The number of para-hydroxylation sites is 2. The topological polar surface area (TPSA) is 328 Å². The molecule has 8 amide bonds. The number of cyclic esters (lactones) is 2. The number of hydrogen-bond acceptors (Lipinski definition) is 17. The third-order valence-electron chi connectivity index (χ3n) is 14.2. The van der Waals surface area contributed by atoms with Crippen LogP contribution < -0.4 is 27.0 Å². The summed E-state index contributed by atoms with van der Waals surface area (Å²) in [5, 5.41) is 10.1. The lowest BCUT2D eigenvalue weighted by Gasteiger charge is -2.37. The van der Waals surface area contributed by atoms with Crippen LogP contribution in [-0.2, 0) is 47.8 Å². The highest BCUT2D eigenvalue weighted by Gasteiger charge is 2.42. The predicted octanol–water partition coefficient (Wildman–Crippen LogP) is 1.04. The molecule has 8 unspecified atom stereocenters. The Balaban J connectivity index is 1.63. The van der Waals surface area contributed by atoms with Crippen molar-refractivity contribution >= 4 is 88.2 Å². The number of hydrogen-bond donors (Lipinski definition) is 5. The molecule has 4 heterocycles.